The van der Waals surface area contributed by atoms with Gasteiger partial charge in [-0.3, -0.25) is 0 Å². The molecular weight excluding hydrogens is 466 g/mol. The lowest BCUT2D eigenvalue weighted by Crippen LogP contribution is -2.62. The normalized spacial score (nSPS) is 23.2. The van der Waals surface area contributed by atoms with Gasteiger partial charge in [0.1, 0.15) is 16.7 Å². The summed E-state index contributed by atoms with van der Waals surface area (Å²) in [6, 6.07) is 32.9. The smallest absolute Gasteiger partial charge is 0.124 e. The van der Waals surface area contributed by atoms with Crippen molar-refractivity contribution in [2.24, 2.45) is 0 Å². The second-order valence-corrected chi connectivity index (χ2v) is 11.9. The molecule has 0 aromatic heterocycles. The van der Waals surface area contributed by atoms with Crippen molar-refractivity contribution in [3.63, 3.8) is 0 Å². The van der Waals surface area contributed by atoms with E-state index < -0.39 is 10.1 Å². The Hall–Kier alpha value is -2.99. The summed E-state index contributed by atoms with van der Waals surface area (Å²) in [6.45, 7) is 7.04. The first-order chi connectivity index (χ1) is 17.3. The largest absolute Gasteiger partial charge is 0.744 e. The third-order valence-corrected chi connectivity index (χ3v) is 9.08. The van der Waals surface area contributed by atoms with Gasteiger partial charge >= 0.3 is 0 Å². The molecule has 186 valence electrons. The molecule has 0 N–H and O–H groups in total. The summed E-state index contributed by atoms with van der Waals surface area (Å²) in [6.07, 6.45) is 4.04. The van der Waals surface area contributed by atoms with E-state index in [9.17, 15) is 13.0 Å². The van der Waals surface area contributed by atoms with Crippen molar-refractivity contribution in [3.05, 3.63) is 114 Å². The van der Waals surface area contributed by atoms with Crippen LogP contribution in [0.4, 0.5) is 0 Å². The Morgan fingerprint density at radius 1 is 0.750 bits per heavy atom. The summed E-state index contributed by atoms with van der Waals surface area (Å²) < 4.78 is 32.5. The molecule has 5 heteroatoms. The maximum Gasteiger partial charge on any atom is 0.124 e. The van der Waals surface area contributed by atoms with Crippen molar-refractivity contribution >= 4 is 20.9 Å². The predicted molar refractivity (Wildman–Crippen MR) is 144 cm³/mol. The summed E-state index contributed by atoms with van der Waals surface area (Å²) in [4.78, 5) is -0.178. The van der Waals surface area contributed by atoms with Crippen LogP contribution in [0.3, 0.4) is 0 Å². The zero-order valence-corrected chi connectivity index (χ0v) is 21.6. The Morgan fingerprint density at radius 3 is 1.94 bits per heavy atom. The minimum absolute atomic E-state index is 0.178. The molecule has 4 aromatic carbocycles. The van der Waals surface area contributed by atoms with Crippen molar-refractivity contribution < 1.29 is 17.5 Å². The van der Waals surface area contributed by atoms with Gasteiger partial charge in [-0.05, 0) is 35.4 Å². The lowest BCUT2D eigenvalue weighted by molar-refractivity contribution is -0.955. The quantitative estimate of drug-likeness (QED) is 0.248. The molecule has 0 unspecified atom stereocenters. The third-order valence-electron chi connectivity index (χ3n) is 8.23. The molecule has 0 amide bonds. The lowest BCUT2D eigenvalue weighted by Gasteiger charge is -2.55. The van der Waals surface area contributed by atoms with Gasteiger partial charge in [0, 0.05) is 30.2 Å². The van der Waals surface area contributed by atoms with Gasteiger partial charge in [0.15, 0.2) is 0 Å². The zero-order valence-electron chi connectivity index (χ0n) is 20.8. The monoisotopic (exact) mass is 499 g/mol. The summed E-state index contributed by atoms with van der Waals surface area (Å²) >= 11 is 0. The molecule has 4 aromatic rings. The van der Waals surface area contributed by atoms with E-state index in [-0.39, 0.29) is 4.90 Å². The Kier molecular flexibility index (Phi) is 6.73. The summed E-state index contributed by atoms with van der Waals surface area (Å²) in [5, 5.41) is 2.76. The van der Waals surface area contributed by atoms with Crippen LogP contribution in [0.1, 0.15) is 36.0 Å². The average Bonchev–Trinajstić information content (AvgIpc) is 2.90. The van der Waals surface area contributed by atoms with Gasteiger partial charge in [0.05, 0.1) is 24.5 Å². The second kappa shape index (κ2) is 9.81. The van der Waals surface area contributed by atoms with E-state index in [1.54, 1.807) is 17.7 Å². The molecule has 0 atom stereocenters. The minimum atomic E-state index is -4.27. The van der Waals surface area contributed by atoms with E-state index in [0.29, 0.717) is 5.41 Å². The highest BCUT2D eigenvalue weighted by atomic mass is 32.2. The number of piperidine rings is 3. The van der Waals surface area contributed by atoms with Gasteiger partial charge in [-0.2, -0.15) is 0 Å². The van der Waals surface area contributed by atoms with Crippen LogP contribution in [0.2, 0.25) is 0 Å². The molecule has 3 aliphatic rings. The van der Waals surface area contributed by atoms with Crippen molar-refractivity contribution in [2.75, 3.05) is 19.6 Å². The predicted octanol–water partition coefficient (Wildman–Crippen LogP) is 6.19. The van der Waals surface area contributed by atoms with Gasteiger partial charge in [0.2, 0.25) is 0 Å². The van der Waals surface area contributed by atoms with Crippen LogP contribution in [0.25, 0.3) is 10.8 Å². The summed E-state index contributed by atoms with van der Waals surface area (Å²) in [7, 11) is -4.27. The van der Waals surface area contributed by atoms with Crippen molar-refractivity contribution in [1.82, 2.24) is 0 Å². The number of nitrogens with zero attached hydrogens (tertiary/aromatic N) is 1. The number of hydrogen-bond acceptors (Lipinski definition) is 3. The van der Waals surface area contributed by atoms with Gasteiger partial charge in [-0.25, -0.2) is 8.42 Å². The SMILES string of the molecule is Cc1ccc(S(=O)(=O)[O-])cc1.c1ccc(C[N+]23CCC(c4ccc5ccccc5c4)(CC2)CC3)cc1. The van der Waals surface area contributed by atoms with E-state index in [2.05, 4.69) is 72.8 Å². The van der Waals surface area contributed by atoms with E-state index in [1.165, 1.54) is 78.4 Å². The Morgan fingerprint density at radius 2 is 1.33 bits per heavy atom. The molecule has 0 aliphatic carbocycles. The topological polar surface area (TPSA) is 57.2 Å². The standard InChI is InChI=1S/C24H26N.C7H8O3S/c1-2-6-20(7-3-1)19-25-15-12-24(13-16-25,14-17-25)23-11-10-21-8-4-5-9-22(21)18-23;1-6-2-4-7(5-3-6)11(8,9)10/h1-11,18H,12-17,19H2;2-5H,1H3,(H,8,9,10)/q+1;/p-1. The van der Waals surface area contributed by atoms with E-state index in [4.69, 9.17) is 0 Å². The Balaban J connectivity index is 0.000000205. The molecule has 36 heavy (non-hydrogen) atoms. The van der Waals surface area contributed by atoms with Gasteiger partial charge in [-0.15, -0.1) is 0 Å². The molecule has 4 nitrogen and oxygen atoms in total. The van der Waals surface area contributed by atoms with Crippen LogP contribution >= 0.6 is 0 Å². The first-order valence-electron chi connectivity index (χ1n) is 12.7. The number of aryl methyl sites for hydroxylation is 1. The maximum atomic E-state index is 10.4. The van der Waals surface area contributed by atoms with Crippen LogP contribution in [-0.4, -0.2) is 37.1 Å². The zero-order chi connectivity index (χ0) is 25.2. The van der Waals surface area contributed by atoms with Gasteiger partial charge in [0.25, 0.3) is 0 Å². The van der Waals surface area contributed by atoms with Gasteiger partial charge < -0.3 is 9.04 Å². The van der Waals surface area contributed by atoms with E-state index in [1.807, 2.05) is 6.92 Å². The number of benzene rings is 4. The molecule has 0 saturated carbocycles. The van der Waals surface area contributed by atoms with Crippen LogP contribution in [0.5, 0.6) is 0 Å². The minimum Gasteiger partial charge on any atom is -0.744 e. The lowest BCUT2D eigenvalue weighted by atomic mass is 9.66. The second-order valence-electron chi connectivity index (χ2n) is 10.5. The van der Waals surface area contributed by atoms with E-state index >= 15 is 0 Å². The highest BCUT2D eigenvalue weighted by molar-refractivity contribution is 7.85. The molecule has 3 heterocycles. The van der Waals surface area contributed by atoms with Crippen LogP contribution in [-0.2, 0) is 22.1 Å². The average molecular weight is 500 g/mol. The Bertz CT molecular complexity index is 1420. The number of hydrogen-bond donors (Lipinski definition) is 0. The highest BCUT2D eigenvalue weighted by Gasteiger charge is 2.49. The first kappa shape index (κ1) is 24.7. The van der Waals surface area contributed by atoms with Crippen molar-refractivity contribution in [3.8, 4) is 0 Å². The fraction of sp³-hybridized carbons (Fsp3) is 0.290. The number of quaternary nitrogens is 1. The van der Waals surface area contributed by atoms with Crippen molar-refractivity contribution in [2.45, 2.75) is 43.0 Å². The molecule has 0 spiro atoms. The molecule has 3 saturated heterocycles. The summed E-state index contributed by atoms with van der Waals surface area (Å²) in [5.74, 6) is 0. The number of fused-ring (bicyclic) bond motifs is 4. The molecule has 2 bridgehead atoms. The first-order valence-corrected chi connectivity index (χ1v) is 14.1. The van der Waals surface area contributed by atoms with Gasteiger partial charge in [-0.1, -0.05) is 90.5 Å². The van der Waals surface area contributed by atoms with Crippen LogP contribution in [0.15, 0.2) is 102 Å². The molecule has 0 radical (unpaired) electrons. The molecule has 3 aliphatic heterocycles. The molecular formula is C31H33NO3S. The highest BCUT2D eigenvalue weighted by Crippen LogP contribution is 2.47. The third kappa shape index (κ3) is 5.24. The number of rotatable bonds is 4. The molecule has 3 fully saturated rings. The van der Waals surface area contributed by atoms with E-state index in [0.717, 1.165) is 5.56 Å². The fourth-order valence-corrected chi connectivity index (χ4v) is 6.40. The van der Waals surface area contributed by atoms with Crippen molar-refractivity contribution in [1.29, 1.82) is 0 Å². The van der Waals surface area contributed by atoms with Crippen LogP contribution < -0.4 is 0 Å². The summed E-state index contributed by atoms with van der Waals surface area (Å²) in [5.41, 5.74) is 4.45. The molecule has 7 rings (SSSR count). The fourth-order valence-electron chi connectivity index (χ4n) is 5.93. The van der Waals surface area contributed by atoms with Crippen LogP contribution in [0, 0.1) is 6.92 Å². The maximum absolute atomic E-state index is 10.4. The Labute approximate surface area is 214 Å².